The van der Waals surface area contributed by atoms with Crippen LogP contribution < -0.4 is 0 Å². The number of aryl methyl sites for hydroxylation is 2. The van der Waals surface area contributed by atoms with E-state index in [0.29, 0.717) is 0 Å². The van der Waals surface area contributed by atoms with Gasteiger partial charge in [0.25, 0.3) is 0 Å². The molecule has 0 radical (unpaired) electrons. The second-order valence-electron chi connectivity index (χ2n) is 2.34. The lowest BCUT2D eigenvalue weighted by molar-refractivity contribution is -0.104. The van der Waals surface area contributed by atoms with Crippen LogP contribution in [0, 0.1) is 13.8 Å². The van der Waals surface area contributed by atoms with Crippen LogP contribution in [-0.4, -0.2) is 16.5 Å². The van der Waals surface area contributed by atoms with Gasteiger partial charge in [-0.3, -0.25) is 9.89 Å². The normalized spacial score (nSPS) is 10.7. The number of aromatic nitrogens is 2. The van der Waals surface area contributed by atoms with Gasteiger partial charge in [0.05, 0.1) is 5.69 Å². The summed E-state index contributed by atoms with van der Waals surface area (Å²) >= 11 is 0. The third kappa shape index (κ3) is 1.55. The van der Waals surface area contributed by atoms with E-state index in [1.165, 1.54) is 6.08 Å². The molecule has 0 aliphatic rings. The molecule has 0 amide bonds. The van der Waals surface area contributed by atoms with Gasteiger partial charge >= 0.3 is 0 Å². The molecule has 0 saturated carbocycles. The van der Waals surface area contributed by atoms with E-state index in [2.05, 4.69) is 10.2 Å². The van der Waals surface area contributed by atoms with E-state index in [1.54, 1.807) is 6.08 Å². The summed E-state index contributed by atoms with van der Waals surface area (Å²) in [6, 6.07) is 0. The fourth-order valence-corrected chi connectivity index (χ4v) is 0.941. The second kappa shape index (κ2) is 3.14. The Morgan fingerprint density at radius 1 is 1.45 bits per heavy atom. The molecule has 0 saturated heterocycles. The van der Waals surface area contributed by atoms with Gasteiger partial charge in [0.2, 0.25) is 0 Å². The number of carbonyl (C=O) groups is 1. The summed E-state index contributed by atoms with van der Waals surface area (Å²) in [5.41, 5.74) is 2.90. The van der Waals surface area contributed by atoms with Crippen LogP contribution in [0.5, 0.6) is 0 Å². The monoisotopic (exact) mass is 150 g/mol. The summed E-state index contributed by atoms with van der Waals surface area (Å²) in [4.78, 5) is 10.0. The Labute approximate surface area is 65.1 Å². The van der Waals surface area contributed by atoms with Gasteiger partial charge in [0, 0.05) is 11.3 Å². The highest BCUT2D eigenvalue weighted by molar-refractivity contribution is 5.74. The van der Waals surface area contributed by atoms with E-state index in [0.717, 1.165) is 23.2 Å². The van der Waals surface area contributed by atoms with Crippen molar-refractivity contribution in [3.05, 3.63) is 23.0 Å². The Morgan fingerprint density at radius 3 is 2.64 bits per heavy atom. The number of nitrogens with one attached hydrogen (secondary N) is 1. The topological polar surface area (TPSA) is 45.8 Å². The number of nitrogens with zero attached hydrogens (tertiary/aromatic N) is 1. The van der Waals surface area contributed by atoms with E-state index in [1.807, 2.05) is 13.8 Å². The number of aldehydes is 1. The third-order valence-corrected chi connectivity index (χ3v) is 1.53. The SMILES string of the molecule is Cc1n[nH]c(C)c1C=CC=O. The summed E-state index contributed by atoms with van der Waals surface area (Å²) < 4.78 is 0. The number of rotatable bonds is 2. The van der Waals surface area contributed by atoms with Crippen LogP contribution in [0.3, 0.4) is 0 Å². The zero-order valence-corrected chi connectivity index (χ0v) is 6.59. The van der Waals surface area contributed by atoms with E-state index < -0.39 is 0 Å². The van der Waals surface area contributed by atoms with Crippen LogP contribution in [-0.2, 0) is 4.79 Å². The quantitative estimate of drug-likeness (QED) is 0.509. The molecule has 1 rings (SSSR count). The molecule has 0 aliphatic heterocycles. The molecule has 0 spiro atoms. The average Bonchev–Trinajstić information content (AvgIpc) is 2.29. The predicted octanol–water partition coefficient (Wildman–Crippen LogP) is 1.24. The highest BCUT2D eigenvalue weighted by atomic mass is 16.1. The average molecular weight is 150 g/mol. The van der Waals surface area contributed by atoms with Crippen LogP contribution in [0.4, 0.5) is 0 Å². The molecule has 1 heterocycles. The maximum Gasteiger partial charge on any atom is 0.142 e. The molecule has 0 aliphatic carbocycles. The lowest BCUT2D eigenvalue weighted by atomic mass is 10.2. The Kier molecular flexibility index (Phi) is 2.21. The van der Waals surface area contributed by atoms with Crippen molar-refractivity contribution in [3.8, 4) is 0 Å². The predicted molar refractivity (Wildman–Crippen MR) is 43.2 cm³/mol. The highest BCUT2D eigenvalue weighted by Crippen LogP contribution is 2.10. The van der Waals surface area contributed by atoms with Crippen LogP contribution in [0.25, 0.3) is 6.08 Å². The van der Waals surface area contributed by atoms with Crippen molar-refractivity contribution in [1.82, 2.24) is 10.2 Å². The van der Waals surface area contributed by atoms with Gasteiger partial charge in [-0.1, -0.05) is 0 Å². The van der Waals surface area contributed by atoms with Crippen molar-refractivity contribution >= 4 is 12.4 Å². The standard InChI is InChI=1S/C8H10N2O/c1-6-8(4-3-5-11)7(2)10-9-6/h3-5H,1-2H3,(H,9,10). The van der Waals surface area contributed by atoms with Crippen molar-refractivity contribution in [2.75, 3.05) is 0 Å². The van der Waals surface area contributed by atoms with Gasteiger partial charge in [-0.25, -0.2) is 0 Å². The van der Waals surface area contributed by atoms with Crippen molar-refractivity contribution in [2.24, 2.45) is 0 Å². The van der Waals surface area contributed by atoms with Gasteiger partial charge in [0.1, 0.15) is 6.29 Å². The van der Waals surface area contributed by atoms with Crippen LogP contribution >= 0.6 is 0 Å². The minimum atomic E-state index is 0.756. The molecule has 0 fully saturated rings. The molecule has 3 nitrogen and oxygen atoms in total. The summed E-state index contributed by atoms with van der Waals surface area (Å²) in [6.45, 7) is 3.82. The number of allylic oxidation sites excluding steroid dienone is 1. The largest absolute Gasteiger partial charge is 0.299 e. The number of H-pyrrole nitrogens is 1. The van der Waals surface area contributed by atoms with Crippen molar-refractivity contribution < 1.29 is 4.79 Å². The van der Waals surface area contributed by atoms with Gasteiger partial charge in [0.15, 0.2) is 0 Å². The molecule has 11 heavy (non-hydrogen) atoms. The highest BCUT2D eigenvalue weighted by Gasteiger charge is 2.00. The lowest BCUT2D eigenvalue weighted by Gasteiger charge is -1.87. The molecule has 1 N–H and O–H groups in total. The first-order chi connectivity index (χ1) is 5.25. The minimum absolute atomic E-state index is 0.756. The van der Waals surface area contributed by atoms with E-state index in [-0.39, 0.29) is 0 Å². The number of carbonyl (C=O) groups excluding carboxylic acids is 1. The zero-order chi connectivity index (χ0) is 8.27. The van der Waals surface area contributed by atoms with Crippen LogP contribution in [0.1, 0.15) is 17.0 Å². The lowest BCUT2D eigenvalue weighted by Crippen LogP contribution is -1.76. The zero-order valence-electron chi connectivity index (χ0n) is 6.59. The van der Waals surface area contributed by atoms with Gasteiger partial charge in [-0.05, 0) is 26.0 Å². The molecule has 0 bridgehead atoms. The van der Waals surface area contributed by atoms with Crippen molar-refractivity contribution in [3.63, 3.8) is 0 Å². The molecule has 0 aromatic carbocycles. The Hall–Kier alpha value is -1.38. The fourth-order valence-electron chi connectivity index (χ4n) is 0.941. The van der Waals surface area contributed by atoms with Crippen molar-refractivity contribution in [2.45, 2.75) is 13.8 Å². The minimum Gasteiger partial charge on any atom is -0.299 e. The molecule has 0 unspecified atom stereocenters. The first-order valence-electron chi connectivity index (χ1n) is 3.39. The fraction of sp³-hybridized carbons (Fsp3) is 0.250. The molecular formula is C8H10N2O. The smallest absolute Gasteiger partial charge is 0.142 e. The Bertz CT molecular complexity index is 267. The van der Waals surface area contributed by atoms with Gasteiger partial charge in [-0.2, -0.15) is 5.10 Å². The maximum absolute atomic E-state index is 10.0. The summed E-state index contributed by atoms with van der Waals surface area (Å²) in [6.07, 6.45) is 3.97. The van der Waals surface area contributed by atoms with Crippen molar-refractivity contribution in [1.29, 1.82) is 0 Å². The van der Waals surface area contributed by atoms with E-state index in [4.69, 9.17) is 0 Å². The molecule has 58 valence electrons. The van der Waals surface area contributed by atoms with Gasteiger partial charge < -0.3 is 0 Å². The Balaban J connectivity index is 3.00. The molecule has 0 atom stereocenters. The molecule has 1 aromatic heterocycles. The van der Waals surface area contributed by atoms with Crippen LogP contribution in [0.2, 0.25) is 0 Å². The second-order valence-corrected chi connectivity index (χ2v) is 2.34. The summed E-state index contributed by atoms with van der Waals surface area (Å²) in [5, 5.41) is 6.81. The first-order valence-corrected chi connectivity index (χ1v) is 3.39. The number of hydrogen-bond donors (Lipinski definition) is 1. The maximum atomic E-state index is 10.0. The number of aromatic amines is 1. The van der Waals surface area contributed by atoms with E-state index >= 15 is 0 Å². The number of hydrogen-bond acceptors (Lipinski definition) is 2. The Morgan fingerprint density at radius 2 is 2.18 bits per heavy atom. The summed E-state index contributed by atoms with van der Waals surface area (Å²) in [5.74, 6) is 0. The van der Waals surface area contributed by atoms with Gasteiger partial charge in [-0.15, -0.1) is 0 Å². The first kappa shape index (κ1) is 7.72. The molecule has 1 aromatic rings. The molecule has 3 heteroatoms. The summed E-state index contributed by atoms with van der Waals surface area (Å²) in [7, 11) is 0. The third-order valence-electron chi connectivity index (χ3n) is 1.53. The molecular weight excluding hydrogens is 140 g/mol. The van der Waals surface area contributed by atoms with E-state index in [9.17, 15) is 4.79 Å². The van der Waals surface area contributed by atoms with Crippen LogP contribution in [0.15, 0.2) is 6.08 Å².